The Morgan fingerprint density at radius 1 is 1.50 bits per heavy atom. The van der Waals surface area contributed by atoms with Gasteiger partial charge in [-0.1, -0.05) is 23.7 Å². The Hall–Kier alpha value is -0.670. The van der Waals surface area contributed by atoms with Crippen LogP contribution in [-0.2, 0) is 6.42 Å². The van der Waals surface area contributed by atoms with E-state index in [0.29, 0.717) is 17.9 Å². The van der Waals surface area contributed by atoms with Crippen molar-refractivity contribution in [1.82, 2.24) is 0 Å². The molecule has 2 rings (SSSR count). The van der Waals surface area contributed by atoms with Gasteiger partial charge in [-0.15, -0.1) is 0 Å². The number of rotatable bonds is 3. The van der Waals surface area contributed by atoms with E-state index in [4.69, 9.17) is 17.3 Å². The van der Waals surface area contributed by atoms with Crippen LogP contribution in [0.3, 0.4) is 0 Å². The Morgan fingerprint density at radius 2 is 2.22 bits per heavy atom. The summed E-state index contributed by atoms with van der Waals surface area (Å²) in [5.41, 5.74) is 8.08. The maximum atomic E-state index is 13.1. The fraction of sp³-hybridized carbons (Fsp3) is 0.571. The van der Waals surface area contributed by atoms with Crippen LogP contribution in [0.25, 0.3) is 0 Å². The van der Waals surface area contributed by atoms with Crippen molar-refractivity contribution in [2.45, 2.75) is 44.6 Å². The van der Waals surface area contributed by atoms with Gasteiger partial charge in [-0.2, -0.15) is 0 Å². The Morgan fingerprint density at radius 3 is 2.78 bits per heavy atom. The van der Waals surface area contributed by atoms with Crippen LogP contribution >= 0.6 is 11.6 Å². The van der Waals surface area contributed by atoms with Crippen molar-refractivity contribution >= 4 is 11.6 Å². The molecule has 0 aromatic heterocycles. The van der Waals surface area contributed by atoms with Gasteiger partial charge in [-0.25, -0.2) is 8.78 Å². The molecule has 1 aromatic carbocycles. The molecule has 1 fully saturated rings. The number of aryl methyl sites for hydroxylation is 1. The van der Waals surface area contributed by atoms with Crippen molar-refractivity contribution in [2.75, 3.05) is 0 Å². The molecule has 2 N–H and O–H groups in total. The zero-order valence-electron chi connectivity index (χ0n) is 10.4. The SMILES string of the molecule is Cc1ccc(CC(N)C2CCC(F)(F)C2)c(Cl)c1. The zero-order chi connectivity index (χ0) is 13.3. The van der Waals surface area contributed by atoms with Crippen LogP contribution in [0, 0.1) is 12.8 Å². The van der Waals surface area contributed by atoms with Crippen LogP contribution < -0.4 is 5.73 Å². The van der Waals surface area contributed by atoms with Gasteiger partial charge in [0.15, 0.2) is 0 Å². The second kappa shape index (κ2) is 5.14. The first kappa shape index (κ1) is 13.8. The second-order valence-corrected chi connectivity index (χ2v) is 5.73. The summed E-state index contributed by atoms with van der Waals surface area (Å²) in [5, 5.41) is 0.676. The minimum absolute atomic E-state index is 0.0347. The van der Waals surface area contributed by atoms with Crippen molar-refractivity contribution in [2.24, 2.45) is 11.7 Å². The van der Waals surface area contributed by atoms with Crippen LogP contribution in [0.5, 0.6) is 0 Å². The highest BCUT2D eigenvalue weighted by Gasteiger charge is 2.41. The molecule has 18 heavy (non-hydrogen) atoms. The van der Waals surface area contributed by atoms with E-state index >= 15 is 0 Å². The van der Waals surface area contributed by atoms with E-state index in [1.54, 1.807) is 0 Å². The summed E-state index contributed by atoms with van der Waals surface area (Å²) in [5.74, 6) is -2.63. The predicted octanol–water partition coefficient (Wildman–Crippen LogP) is 3.95. The van der Waals surface area contributed by atoms with E-state index in [2.05, 4.69) is 0 Å². The molecule has 1 aromatic rings. The molecule has 0 spiro atoms. The van der Waals surface area contributed by atoms with E-state index in [-0.39, 0.29) is 24.8 Å². The third-order valence-corrected chi connectivity index (χ3v) is 4.06. The molecule has 100 valence electrons. The summed E-state index contributed by atoms with van der Waals surface area (Å²) in [6.45, 7) is 1.97. The average molecular weight is 274 g/mol. The average Bonchev–Trinajstić information content (AvgIpc) is 2.63. The van der Waals surface area contributed by atoms with E-state index in [1.165, 1.54) is 0 Å². The van der Waals surface area contributed by atoms with Gasteiger partial charge >= 0.3 is 0 Å². The van der Waals surface area contributed by atoms with Crippen LogP contribution in [0.2, 0.25) is 5.02 Å². The zero-order valence-corrected chi connectivity index (χ0v) is 11.2. The number of alkyl halides is 2. The van der Waals surface area contributed by atoms with Gasteiger partial charge < -0.3 is 5.73 Å². The van der Waals surface area contributed by atoms with E-state index in [1.807, 2.05) is 25.1 Å². The molecule has 0 heterocycles. The topological polar surface area (TPSA) is 26.0 Å². The van der Waals surface area contributed by atoms with Crippen molar-refractivity contribution in [3.05, 3.63) is 34.3 Å². The molecule has 1 saturated carbocycles. The lowest BCUT2D eigenvalue weighted by Gasteiger charge is -2.20. The lowest BCUT2D eigenvalue weighted by Crippen LogP contribution is -2.31. The largest absolute Gasteiger partial charge is 0.327 e. The van der Waals surface area contributed by atoms with Gasteiger partial charge in [0.1, 0.15) is 0 Å². The number of nitrogens with two attached hydrogens (primary N) is 1. The van der Waals surface area contributed by atoms with Crippen molar-refractivity contribution in [3.63, 3.8) is 0 Å². The number of hydrogen-bond acceptors (Lipinski definition) is 1. The second-order valence-electron chi connectivity index (χ2n) is 5.32. The van der Waals surface area contributed by atoms with Gasteiger partial charge in [-0.05, 0) is 42.9 Å². The molecular formula is C14H18ClF2N. The number of hydrogen-bond donors (Lipinski definition) is 1. The standard InChI is InChI=1S/C14H18ClF2N/c1-9-2-3-10(12(15)6-9)7-13(18)11-4-5-14(16,17)8-11/h2-3,6,11,13H,4-5,7-8,18H2,1H3. The molecule has 0 saturated heterocycles. The maximum absolute atomic E-state index is 13.1. The van der Waals surface area contributed by atoms with E-state index in [9.17, 15) is 8.78 Å². The molecule has 1 aliphatic rings. The Kier molecular flexibility index (Phi) is 3.93. The van der Waals surface area contributed by atoms with Gasteiger partial charge in [0.25, 0.3) is 0 Å². The summed E-state index contributed by atoms with van der Waals surface area (Å²) >= 11 is 6.13. The fourth-order valence-electron chi connectivity index (χ4n) is 2.59. The molecule has 1 nitrogen and oxygen atoms in total. The van der Waals surface area contributed by atoms with Gasteiger partial charge in [0.05, 0.1) is 0 Å². The highest BCUT2D eigenvalue weighted by atomic mass is 35.5. The van der Waals surface area contributed by atoms with Gasteiger partial charge in [0.2, 0.25) is 5.92 Å². The fourth-order valence-corrected chi connectivity index (χ4v) is 2.90. The molecule has 0 bridgehead atoms. The first-order valence-corrected chi connectivity index (χ1v) is 6.64. The van der Waals surface area contributed by atoms with Gasteiger partial charge in [0, 0.05) is 23.9 Å². The highest BCUT2D eigenvalue weighted by molar-refractivity contribution is 6.31. The summed E-state index contributed by atoms with van der Waals surface area (Å²) < 4.78 is 26.3. The highest BCUT2D eigenvalue weighted by Crippen LogP contribution is 2.40. The monoisotopic (exact) mass is 273 g/mol. The first-order chi connectivity index (χ1) is 8.37. The Balaban J connectivity index is 2.01. The predicted molar refractivity (Wildman–Crippen MR) is 70.2 cm³/mol. The number of benzene rings is 1. The molecule has 2 atom stereocenters. The van der Waals surface area contributed by atoms with Crippen LogP contribution in [0.4, 0.5) is 8.78 Å². The molecule has 2 unspecified atom stereocenters. The Labute approximate surface area is 111 Å². The molecule has 0 aliphatic heterocycles. The summed E-state index contributed by atoms with van der Waals surface area (Å²) in [4.78, 5) is 0. The van der Waals surface area contributed by atoms with Crippen LogP contribution in [-0.4, -0.2) is 12.0 Å². The van der Waals surface area contributed by atoms with E-state index < -0.39 is 5.92 Å². The normalized spacial score (nSPS) is 24.2. The minimum atomic E-state index is -2.53. The van der Waals surface area contributed by atoms with Crippen LogP contribution in [0.15, 0.2) is 18.2 Å². The maximum Gasteiger partial charge on any atom is 0.248 e. The van der Waals surface area contributed by atoms with Crippen molar-refractivity contribution < 1.29 is 8.78 Å². The molecule has 4 heteroatoms. The van der Waals surface area contributed by atoms with Crippen molar-refractivity contribution in [3.8, 4) is 0 Å². The minimum Gasteiger partial charge on any atom is -0.327 e. The van der Waals surface area contributed by atoms with E-state index in [0.717, 1.165) is 11.1 Å². The smallest absolute Gasteiger partial charge is 0.248 e. The molecule has 0 amide bonds. The summed E-state index contributed by atoms with van der Waals surface area (Å²) in [6.07, 6.45) is 0.960. The Bertz CT molecular complexity index is 434. The van der Waals surface area contributed by atoms with Crippen LogP contribution in [0.1, 0.15) is 30.4 Å². The lowest BCUT2D eigenvalue weighted by molar-refractivity contribution is 0.00393. The third-order valence-electron chi connectivity index (χ3n) is 3.71. The first-order valence-electron chi connectivity index (χ1n) is 6.26. The molecule has 0 radical (unpaired) electrons. The quantitative estimate of drug-likeness (QED) is 0.886. The third kappa shape index (κ3) is 3.21. The molecule has 1 aliphatic carbocycles. The lowest BCUT2D eigenvalue weighted by atomic mass is 9.92. The molecular weight excluding hydrogens is 256 g/mol. The number of halogens is 3. The summed E-state index contributed by atoms with van der Waals surface area (Å²) in [7, 11) is 0. The summed E-state index contributed by atoms with van der Waals surface area (Å²) in [6, 6.07) is 5.55. The van der Waals surface area contributed by atoms with Crippen molar-refractivity contribution in [1.29, 1.82) is 0 Å². The van der Waals surface area contributed by atoms with Gasteiger partial charge in [-0.3, -0.25) is 0 Å².